The number of rotatable bonds is 9. The highest BCUT2D eigenvalue weighted by molar-refractivity contribution is 5.92. The zero-order chi connectivity index (χ0) is 26.5. The van der Waals surface area contributed by atoms with Gasteiger partial charge in [-0.25, -0.2) is 4.79 Å². The van der Waals surface area contributed by atoms with Crippen molar-refractivity contribution in [3.05, 3.63) is 34.9 Å². The summed E-state index contributed by atoms with van der Waals surface area (Å²) in [5.74, 6) is -0.280. The molecule has 1 aliphatic rings. The van der Waals surface area contributed by atoms with Gasteiger partial charge in [-0.2, -0.15) is 0 Å². The molecule has 0 aromatic heterocycles. The van der Waals surface area contributed by atoms with Crippen molar-refractivity contribution >= 4 is 17.9 Å². The molecule has 2 N–H and O–H groups in total. The van der Waals surface area contributed by atoms with E-state index < -0.39 is 23.8 Å². The van der Waals surface area contributed by atoms with Crippen LogP contribution in [0.25, 0.3) is 0 Å². The van der Waals surface area contributed by atoms with Gasteiger partial charge in [0.25, 0.3) is 0 Å². The van der Waals surface area contributed by atoms with Crippen molar-refractivity contribution in [2.45, 2.75) is 118 Å². The summed E-state index contributed by atoms with van der Waals surface area (Å²) in [5, 5.41) is 5.84. The highest BCUT2D eigenvalue weighted by atomic mass is 16.6. The fraction of sp³-hybridized carbons (Fsp3) is 0.679. The van der Waals surface area contributed by atoms with Crippen molar-refractivity contribution in [2.75, 3.05) is 0 Å². The molecule has 0 spiro atoms. The number of nitrogens with one attached hydrogen (secondary N) is 2. The van der Waals surface area contributed by atoms with E-state index in [4.69, 9.17) is 4.74 Å². The first kappa shape index (κ1) is 28.7. The highest BCUT2D eigenvalue weighted by Crippen LogP contribution is 2.35. The van der Waals surface area contributed by atoms with Gasteiger partial charge >= 0.3 is 6.09 Å². The molecule has 2 atom stereocenters. The number of carbonyl (C=O) groups excluding carboxylic acids is 3. The first-order valence-electron chi connectivity index (χ1n) is 12.9. The summed E-state index contributed by atoms with van der Waals surface area (Å²) < 4.78 is 5.46. The van der Waals surface area contributed by atoms with Crippen LogP contribution in [-0.2, 0) is 14.3 Å². The van der Waals surface area contributed by atoms with Crippen LogP contribution in [0.5, 0.6) is 0 Å². The predicted octanol–water partition coefficient (Wildman–Crippen LogP) is 5.19. The lowest BCUT2D eigenvalue weighted by Gasteiger charge is -2.44. The lowest BCUT2D eigenvalue weighted by atomic mass is 9.86. The zero-order valence-electron chi connectivity index (χ0n) is 23.0. The average Bonchev–Trinajstić information content (AvgIpc) is 2.64. The number of aryl methyl sites for hydroxylation is 2. The number of hydrogen-bond acceptors (Lipinski definition) is 4. The molecule has 1 aromatic carbocycles. The maximum Gasteiger partial charge on any atom is 0.408 e. The Morgan fingerprint density at radius 3 is 2.14 bits per heavy atom. The molecule has 1 aromatic rings. The number of hydrogen-bond donors (Lipinski definition) is 2. The fourth-order valence-corrected chi connectivity index (χ4v) is 4.42. The van der Waals surface area contributed by atoms with Crippen LogP contribution < -0.4 is 10.6 Å². The smallest absolute Gasteiger partial charge is 0.408 e. The third kappa shape index (κ3) is 8.25. The molecule has 0 saturated heterocycles. The first-order chi connectivity index (χ1) is 16.2. The van der Waals surface area contributed by atoms with E-state index >= 15 is 0 Å². The standard InChI is InChI=1S/C28H45N3O4/c1-17(2)15-23(30-27(34)35-28(7,8)9)26(33)31(21-11-10-12-21)24(25(32)29-18(3)4)22-14-13-19(5)16-20(22)6/h13-14,16-18,21,23-24H,10-12,15H2,1-9H3,(H,29,32)(H,30,34). The van der Waals surface area contributed by atoms with Gasteiger partial charge in [-0.3, -0.25) is 9.59 Å². The second-order valence-corrected chi connectivity index (χ2v) is 11.6. The highest BCUT2D eigenvalue weighted by Gasteiger charge is 2.42. The molecule has 0 radical (unpaired) electrons. The molecule has 7 heteroatoms. The van der Waals surface area contributed by atoms with Crippen LogP contribution in [0.3, 0.4) is 0 Å². The van der Waals surface area contributed by atoms with E-state index in [1.165, 1.54) is 0 Å². The number of amides is 3. The lowest BCUT2D eigenvalue weighted by Crippen LogP contribution is -2.58. The van der Waals surface area contributed by atoms with Crippen LogP contribution in [-0.4, -0.2) is 46.5 Å². The molecule has 0 heterocycles. The Bertz CT molecular complexity index is 900. The molecule has 1 aliphatic carbocycles. The van der Waals surface area contributed by atoms with E-state index in [9.17, 15) is 14.4 Å². The van der Waals surface area contributed by atoms with Crippen molar-refractivity contribution in [1.82, 2.24) is 15.5 Å². The summed E-state index contributed by atoms with van der Waals surface area (Å²) >= 11 is 0. The summed E-state index contributed by atoms with van der Waals surface area (Å²) in [4.78, 5) is 42.2. The van der Waals surface area contributed by atoms with Crippen LogP contribution in [0.4, 0.5) is 4.79 Å². The Labute approximate surface area is 211 Å². The SMILES string of the molecule is Cc1ccc(C(C(=O)NC(C)C)N(C(=O)C(CC(C)C)NC(=O)OC(C)(C)C)C2CCC2)c(C)c1. The maximum atomic E-state index is 14.2. The maximum absolute atomic E-state index is 14.2. The van der Waals surface area contributed by atoms with E-state index in [1.54, 1.807) is 25.7 Å². The molecule has 3 amide bonds. The fourth-order valence-electron chi connectivity index (χ4n) is 4.42. The topological polar surface area (TPSA) is 87.7 Å². The van der Waals surface area contributed by atoms with Crippen LogP contribution in [0.1, 0.15) is 96.9 Å². The van der Waals surface area contributed by atoms with Gasteiger partial charge in [0, 0.05) is 12.1 Å². The number of benzene rings is 1. The van der Waals surface area contributed by atoms with Crippen molar-refractivity contribution in [3.8, 4) is 0 Å². The Morgan fingerprint density at radius 2 is 1.69 bits per heavy atom. The monoisotopic (exact) mass is 487 g/mol. The third-order valence-electron chi connectivity index (χ3n) is 6.10. The molecule has 0 aliphatic heterocycles. The van der Waals surface area contributed by atoms with Crippen molar-refractivity contribution < 1.29 is 19.1 Å². The normalized spacial score (nSPS) is 15.9. The molecule has 7 nitrogen and oxygen atoms in total. The van der Waals surface area contributed by atoms with Crippen molar-refractivity contribution in [2.24, 2.45) is 5.92 Å². The van der Waals surface area contributed by atoms with Gasteiger partial charge in [0.2, 0.25) is 11.8 Å². The van der Waals surface area contributed by atoms with E-state index in [0.29, 0.717) is 6.42 Å². The Hall–Kier alpha value is -2.57. The Balaban J connectivity index is 2.52. The molecular formula is C28H45N3O4. The molecule has 2 rings (SSSR count). The summed E-state index contributed by atoms with van der Waals surface area (Å²) in [7, 11) is 0. The third-order valence-corrected chi connectivity index (χ3v) is 6.10. The van der Waals surface area contributed by atoms with Gasteiger partial charge in [0.1, 0.15) is 17.7 Å². The Kier molecular flexibility index (Phi) is 9.76. The predicted molar refractivity (Wildman–Crippen MR) is 139 cm³/mol. The minimum absolute atomic E-state index is 0.0544. The lowest BCUT2D eigenvalue weighted by molar-refractivity contribution is -0.148. The van der Waals surface area contributed by atoms with E-state index in [1.807, 2.05) is 59.7 Å². The van der Waals surface area contributed by atoms with Gasteiger partial charge in [0.15, 0.2) is 0 Å². The molecule has 0 bridgehead atoms. The Morgan fingerprint density at radius 1 is 1.06 bits per heavy atom. The summed E-state index contributed by atoms with van der Waals surface area (Å²) in [6.45, 7) is 17.2. The zero-order valence-corrected chi connectivity index (χ0v) is 23.0. The minimum Gasteiger partial charge on any atom is -0.444 e. The van der Waals surface area contributed by atoms with Crippen LogP contribution in [0.15, 0.2) is 18.2 Å². The van der Waals surface area contributed by atoms with Gasteiger partial charge in [-0.1, -0.05) is 37.6 Å². The first-order valence-corrected chi connectivity index (χ1v) is 12.9. The molecule has 196 valence electrons. The second-order valence-electron chi connectivity index (χ2n) is 11.6. The number of ether oxygens (including phenoxy) is 1. The molecule has 35 heavy (non-hydrogen) atoms. The average molecular weight is 488 g/mol. The summed E-state index contributed by atoms with van der Waals surface area (Å²) in [6.07, 6.45) is 2.51. The van der Waals surface area contributed by atoms with Gasteiger partial charge < -0.3 is 20.3 Å². The van der Waals surface area contributed by atoms with Crippen LogP contribution >= 0.6 is 0 Å². The molecule has 2 unspecified atom stereocenters. The quantitative estimate of drug-likeness (QED) is 0.502. The van der Waals surface area contributed by atoms with Crippen LogP contribution in [0, 0.1) is 19.8 Å². The van der Waals surface area contributed by atoms with Gasteiger partial charge in [0.05, 0.1) is 0 Å². The van der Waals surface area contributed by atoms with E-state index in [2.05, 4.69) is 10.6 Å². The molecular weight excluding hydrogens is 442 g/mol. The number of carbonyl (C=O) groups is 3. The number of nitrogens with zero attached hydrogens (tertiary/aromatic N) is 1. The van der Waals surface area contributed by atoms with Crippen molar-refractivity contribution in [1.29, 1.82) is 0 Å². The molecule has 1 saturated carbocycles. The number of alkyl carbamates (subject to hydrolysis) is 1. The van der Waals surface area contributed by atoms with Crippen LogP contribution in [0.2, 0.25) is 0 Å². The minimum atomic E-state index is -0.787. The summed E-state index contributed by atoms with van der Waals surface area (Å²) in [5.41, 5.74) is 2.20. The summed E-state index contributed by atoms with van der Waals surface area (Å²) in [6, 6.07) is 4.29. The van der Waals surface area contributed by atoms with E-state index in [-0.39, 0.29) is 29.8 Å². The largest absolute Gasteiger partial charge is 0.444 e. The van der Waals surface area contributed by atoms with Gasteiger partial charge in [-0.05, 0) is 91.2 Å². The second kappa shape index (κ2) is 11.9. The van der Waals surface area contributed by atoms with Gasteiger partial charge in [-0.15, -0.1) is 0 Å². The van der Waals surface area contributed by atoms with E-state index in [0.717, 1.165) is 36.0 Å². The van der Waals surface area contributed by atoms with Crippen molar-refractivity contribution in [3.63, 3.8) is 0 Å². The molecule has 1 fully saturated rings.